The van der Waals surface area contributed by atoms with Gasteiger partial charge in [0.1, 0.15) is 5.82 Å². The molecule has 1 N–H and O–H groups in total. The molecule has 0 aromatic heterocycles. The fraction of sp³-hybridized carbons (Fsp3) is 0.417. The van der Waals surface area contributed by atoms with Crippen LogP contribution in [-0.2, 0) is 14.8 Å². The maximum absolute atomic E-state index is 13.0. The first-order valence-corrected chi connectivity index (χ1v) is 7.05. The molecule has 7 heteroatoms. The summed E-state index contributed by atoms with van der Waals surface area (Å²) >= 11 is 0. The van der Waals surface area contributed by atoms with Crippen LogP contribution in [0.5, 0.6) is 0 Å². The fourth-order valence-electron chi connectivity index (χ4n) is 1.63. The van der Waals surface area contributed by atoms with Gasteiger partial charge >= 0.3 is 5.97 Å². The zero-order valence-corrected chi connectivity index (χ0v) is 11.7. The van der Waals surface area contributed by atoms with E-state index in [0.29, 0.717) is 0 Å². The van der Waals surface area contributed by atoms with Crippen molar-refractivity contribution in [1.82, 2.24) is 4.31 Å². The summed E-state index contributed by atoms with van der Waals surface area (Å²) in [4.78, 5) is 10.7. The SMILES string of the molecule is Cc1cc(F)ccc1S(=O)(=O)N(C)CC(C)C(=O)O. The molecule has 106 valence electrons. The monoisotopic (exact) mass is 289 g/mol. The average Bonchev–Trinajstić information content (AvgIpc) is 2.27. The Balaban J connectivity index is 3.06. The summed E-state index contributed by atoms with van der Waals surface area (Å²) in [5, 5.41) is 8.79. The lowest BCUT2D eigenvalue weighted by atomic mass is 10.2. The molecule has 0 radical (unpaired) electrons. The summed E-state index contributed by atoms with van der Waals surface area (Å²) in [6.45, 7) is 2.77. The Labute approximate surface area is 111 Å². The molecule has 0 amide bonds. The number of hydrogen-bond acceptors (Lipinski definition) is 3. The molecule has 0 saturated carbocycles. The minimum absolute atomic E-state index is 0.0195. The van der Waals surface area contributed by atoms with Crippen molar-refractivity contribution in [3.8, 4) is 0 Å². The van der Waals surface area contributed by atoms with Gasteiger partial charge in [-0.05, 0) is 30.7 Å². The molecule has 0 saturated heterocycles. The fourth-order valence-corrected chi connectivity index (χ4v) is 3.09. The topological polar surface area (TPSA) is 74.7 Å². The van der Waals surface area contributed by atoms with Gasteiger partial charge in [0.2, 0.25) is 10.0 Å². The van der Waals surface area contributed by atoms with Gasteiger partial charge < -0.3 is 5.11 Å². The van der Waals surface area contributed by atoms with Gasteiger partial charge in [-0.2, -0.15) is 0 Å². The van der Waals surface area contributed by atoms with Gasteiger partial charge in [0.05, 0.1) is 10.8 Å². The molecule has 0 bridgehead atoms. The summed E-state index contributed by atoms with van der Waals surface area (Å²) in [7, 11) is -2.51. The van der Waals surface area contributed by atoms with Crippen molar-refractivity contribution < 1.29 is 22.7 Å². The van der Waals surface area contributed by atoms with E-state index in [-0.39, 0.29) is 17.0 Å². The van der Waals surface area contributed by atoms with E-state index in [1.165, 1.54) is 27.0 Å². The molecule has 0 fully saturated rings. The molecule has 19 heavy (non-hydrogen) atoms. The maximum atomic E-state index is 13.0. The van der Waals surface area contributed by atoms with Crippen LogP contribution in [0.4, 0.5) is 4.39 Å². The lowest BCUT2D eigenvalue weighted by molar-refractivity contribution is -0.141. The number of carboxylic acids is 1. The van der Waals surface area contributed by atoms with Gasteiger partial charge in [-0.3, -0.25) is 4.79 Å². The predicted octanol–water partition coefficient (Wildman–Crippen LogP) is 1.48. The van der Waals surface area contributed by atoms with E-state index in [0.717, 1.165) is 16.4 Å². The van der Waals surface area contributed by atoms with Crippen molar-refractivity contribution in [3.05, 3.63) is 29.6 Å². The van der Waals surface area contributed by atoms with E-state index in [2.05, 4.69) is 0 Å². The average molecular weight is 289 g/mol. The second-order valence-corrected chi connectivity index (χ2v) is 6.45. The summed E-state index contributed by atoms with van der Waals surface area (Å²) < 4.78 is 38.4. The van der Waals surface area contributed by atoms with Crippen molar-refractivity contribution in [2.24, 2.45) is 5.92 Å². The Morgan fingerprint density at radius 3 is 2.53 bits per heavy atom. The second kappa shape index (κ2) is 5.66. The van der Waals surface area contributed by atoms with Gasteiger partial charge in [0.25, 0.3) is 0 Å². The first kappa shape index (κ1) is 15.6. The Bertz CT molecular complexity index is 585. The van der Waals surface area contributed by atoms with Crippen LogP contribution in [0.1, 0.15) is 12.5 Å². The first-order valence-electron chi connectivity index (χ1n) is 5.61. The largest absolute Gasteiger partial charge is 0.481 e. The van der Waals surface area contributed by atoms with E-state index < -0.39 is 27.7 Å². The number of benzene rings is 1. The van der Waals surface area contributed by atoms with Crippen molar-refractivity contribution in [2.75, 3.05) is 13.6 Å². The van der Waals surface area contributed by atoms with Crippen molar-refractivity contribution in [3.63, 3.8) is 0 Å². The highest BCUT2D eigenvalue weighted by atomic mass is 32.2. The molecule has 1 aromatic rings. The highest BCUT2D eigenvalue weighted by Gasteiger charge is 2.26. The van der Waals surface area contributed by atoms with Crippen LogP contribution in [0.2, 0.25) is 0 Å². The zero-order valence-electron chi connectivity index (χ0n) is 10.9. The Morgan fingerprint density at radius 2 is 2.05 bits per heavy atom. The van der Waals surface area contributed by atoms with E-state index in [1.807, 2.05) is 0 Å². The molecule has 0 spiro atoms. The third-order valence-electron chi connectivity index (χ3n) is 2.78. The summed E-state index contributed by atoms with van der Waals surface area (Å²) in [5.74, 6) is -2.41. The van der Waals surface area contributed by atoms with Gasteiger partial charge in [-0.1, -0.05) is 6.92 Å². The normalized spacial score (nSPS) is 13.5. The van der Waals surface area contributed by atoms with Crippen molar-refractivity contribution in [1.29, 1.82) is 0 Å². The van der Waals surface area contributed by atoms with Crippen LogP contribution in [0, 0.1) is 18.7 Å². The summed E-state index contributed by atoms with van der Waals surface area (Å²) in [5.41, 5.74) is 0.287. The quantitative estimate of drug-likeness (QED) is 0.891. The molecule has 0 heterocycles. The molecule has 1 aromatic carbocycles. The van der Waals surface area contributed by atoms with Gasteiger partial charge in [0, 0.05) is 13.6 Å². The highest BCUT2D eigenvalue weighted by Crippen LogP contribution is 2.20. The molecule has 0 aliphatic heterocycles. The molecular formula is C12H16FNO4S. The van der Waals surface area contributed by atoms with Crippen LogP contribution >= 0.6 is 0 Å². The smallest absolute Gasteiger partial charge is 0.307 e. The Hall–Kier alpha value is -1.47. The van der Waals surface area contributed by atoms with Gasteiger partial charge in [0.15, 0.2) is 0 Å². The number of carbonyl (C=O) groups is 1. The maximum Gasteiger partial charge on any atom is 0.307 e. The standard InChI is InChI=1S/C12H16FNO4S/c1-8-6-10(13)4-5-11(8)19(17,18)14(3)7-9(2)12(15)16/h4-6,9H,7H2,1-3H3,(H,15,16). The molecule has 1 rings (SSSR count). The number of carboxylic acid groups (broad SMARTS) is 1. The van der Waals surface area contributed by atoms with Gasteiger partial charge in [-0.15, -0.1) is 0 Å². The van der Waals surface area contributed by atoms with Crippen LogP contribution < -0.4 is 0 Å². The number of nitrogens with zero attached hydrogens (tertiary/aromatic N) is 1. The number of aliphatic carboxylic acids is 1. The molecular weight excluding hydrogens is 273 g/mol. The predicted molar refractivity (Wildman–Crippen MR) is 67.8 cm³/mol. The van der Waals surface area contributed by atoms with Gasteiger partial charge in [-0.25, -0.2) is 17.1 Å². The zero-order chi connectivity index (χ0) is 14.8. The second-order valence-electron chi connectivity index (χ2n) is 4.43. The third-order valence-corrected chi connectivity index (χ3v) is 4.76. The molecule has 1 atom stereocenters. The third kappa shape index (κ3) is 3.51. The van der Waals surface area contributed by atoms with Crippen molar-refractivity contribution >= 4 is 16.0 Å². The van der Waals surface area contributed by atoms with E-state index in [4.69, 9.17) is 5.11 Å². The van der Waals surface area contributed by atoms with Crippen LogP contribution in [0.3, 0.4) is 0 Å². The number of sulfonamides is 1. The molecule has 1 unspecified atom stereocenters. The van der Waals surface area contributed by atoms with Crippen molar-refractivity contribution in [2.45, 2.75) is 18.7 Å². The lowest BCUT2D eigenvalue weighted by Crippen LogP contribution is -2.34. The van der Waals surface area contributed by atoms with E-state index >= 15 is 0 Å². The van der Waals surface area contributed by atoms with Crippen LogP contribution in [-0.4, -0.2) is 37.4 Å². The number of rotatable bonds is 5. The van der Waals surface area contributed by atoms with Crippen LogP contribution in [0.15, 0.2) is 23.1 Å². The Morgan fingerprint density at radius 1 is 1.47 bits per heavy atom. The number of hydrogen-bond donors (Lipinski definition) is 1. The van der Waals surface area contributed by atoms with E-state index in [1.54, 1.807) is 0 Å². The number of halogens is 1. The molecule has 0 aliphatic carbocycles. The van der Waals surface area contributed by atoms with E-state index in [9.17, 15) is 17.6 Å². The summed E-state index contributed by atoms with van der Waals surface area (Å²) in [6.07, 6.45) is 0. The minimum atomic E-state index is -3.81. The van der Waals surface area contributed by atoms with Crippen LogP contribution in [0.25, 0.3) is 0 Å². The minimum Gasteiger partial charge on any atom is -0.481 e. The number of aryl methyl sites for hydroxylation is 1. The molecule has 5 nitrogen and oxygen atoms in total. The highest BCUT2D eigenvalue weighted by molar-refractivity contribution is 7.89. The molecule has 0 aliphatic rings. The first-order chi connectivity index (χ1) is 8.66. The summed E-state index contributed by atoms with van der Waals surface area (Å²) in [6, 6.07) is 3.37. The lowest BCUT2D eigenvalue weighted by Gasteiger charge is -2.20. The Kier molecular flexibility index (Phi) is 4.65.